The summed E-state index contributed by atoms with van der Waals surface area (Å²) in [6.07, 6.45) is 3.29. The number of carbonyl (C=O) groups is 1. The number of carbonyl (C=O) groups excluding carboxylic acids is 1. The van der Waals surface area contributed by atoms with Gasteiger partial charge in [0.15, 0.2) is 0 Å². The molecule has 2 aliphatic heterocycles. The SMILES string of the molecule is Cc1cc(C)n(C[C@@H]2CCCCN2C(=O)c2ccc3c(c2)COC3)n1. The highest BCUT2D eigenvalue weighted by atomic mass is 16.5. The van der Waals surface area contributed by atoms with Gasteiger partial charge in [0.1, 0.15) is 0 Å². The molecule has 0 spiro atoms. The van der Waals surface area contributed by atoms with Crippen LogP contribution in [0.2, 0.25) is 0 Å². The van der Waals surface area contributed by atoms with Gasteiger partial charge in [0.05, 0.1) is 31.5 Å². The van der Waals surface area contributed by atoms with Gasteiger partial charge in [-0.05, 0) is 62.4 Å². The van der Waals surface area contributed by atoms with Gasteiger partial charge in [0, 0.05) is 17.8 Å². The highest BCUT2D eigenvalue weighted by molar-refractivity contribution is 5.94. The number of piperidine rings is 1. The van der Waals surface area contributed by atoms with Crippen molar-refractivity contribution >= 4 is 5.91 Å². The van der Waals surface area contributed by atoms with Gasteiger partial charge >= 0.3 is 0 Å². The molecule has 0 saturated carbocycles. The Morgan fingerprint density at radius 2 is 2.04 bits per heavy atom. The van der Waals surface area contributed by atoms with Gasteiger partial charge in [-0.25, -0.2) is 0 Å². The summed E-state index contributed by atoms with van der Waals surface area (Å²) in [5.41, 5.74) is 5.33. The first-order valence-corrected chi connectivity index (χ1v) is 9.13. The molecular formula is C20H25N3O2. The quantitative estimate of drug-likeness (QED) is 0.862. The van der Waals surface area contributed by atoms with Gasteiger partial charge in [0.2, 0.25) is 0 Å². The maximum absolute atomic E-state index is 13.1. The van der Waals surface area contributed by atoms with Crippen LogP contribution in [0.1, 0.15) is 52.1 Å². The molecule has 1 aromatic carbocycles. The molecule has 0 unspecified atom stereocenters. The van der Waals surface area contributed by atoms with Crippen LogP contribution in [0, 0.1) is 13.8 Å². The fourth-order valence-corrected chi connectivity index (χ4v) is 3.99. The third-order valence-electron chi connectivity index (χ3n) is 5.34. The fraction of sp³-hybridized carbons (Fsp3) is 0.500. The topological polar surface area (TPSA) is 47.4 Å². The number of nitrogens with zero attached hydrogens (tertiary/aromatic N) is 3. The number of ether oxygens (including phenoxy) is 1. The van der Waals surface area contributed by atoms with E-state index in [1.807, 2.05) is 29.8 Å². The second-order valence-electron chi connectivity index (χ2n) is 7.23. The van der Waals surface area contributed by atoms with E-state index in [4.69, 9.17) is 4.74 Å². The van der Waals surface area contributed by atoms with E-state index in [-0.39, 0.29) is 11.9 Å². The van der Waals surface area contributed by atoms with Crippen molar-refractivity contribution in [2.75, 3.05) is 6.54 Å². The lowest BCUT2D eigenvalue weighted by molar-refractivity contribution is 0.0582. The van der Waals surface area contributed by atoms with Crippen LogP contribution in [0.3, 0.4) is 0 Å². The van der Waals surface area contributed by atoms with Crippen LogP contribution in [0.15, 0.2) is 24.3 Å². The van der Waals surface area contributed by atoms with E-state index < -0.39 is 0 Å². The van der Waals surface area contributed by atoms with Crippen molar-refractivity contribution in [2.24, 2.45) is 0 Å². The number of aryl methyl sites for hydroxylation is 2. The summed E-state index contributed by atoms with van der Waals surface area (Å²) in [4.78, 5) is 15.2. The lowest BCUT2D eigenvalue weighted by Gasteiger charge is -2.36. The molecule has 2 aliphatic rings. The minimum Gasteiger partial charge on any atom is -0.372 e. The van der Waals surface area contributed by atoms with Crippen molar-refractivity contribution in [1.82, 2.24) is 14.7 Å². The molecule has 25 heavy (non-hydrogen) atoms. The molecule has 1 fully saturated rings. The number of hydrogen-bond acceptors (Lipinski definition) is 3. The number of aromatic nitrogens is 2. The fourth-order valence-electron chi connectivity index (χ4n) is 3.99. The highest BCUT2D eigenvalue weighted by Gasteiger charge is 2.29. The van der Waals surface area contributed by atoms with Gasteiger partial charge in [-0.1, -0.05) is 6.07 Å². The minimum atomic E-state index is 0.140. The smallest absolute Gasteiger partial charge is 0.254 e. The molecule has 132 valence electrons. The molecular weight excluding hydrogens is 314 g/mol. The first-order valence-electron chi connectivity index (χ1n) is 9.13. The predicted molar refractivity (Wildman–Crippen MR) is 95.3 cm³/mol. The van der Waals surface area contributed by atoms with Crippen LogP contribution in [0.5, 0.6) is 0 Å². The molecule has 2 aromatic rings. The second-order valence-corrected chi connectivity index (χ2v) is 7.23. The van der Waals surface area contributed by atoms with Crippen LogP contribution in [-0.4, -0.2) is 33.2 Å². The van der Waals surface area contributed by atoms with Gasteiger partial charge in [-0.2, -0.15) is 5.10 Å². The first-order chi connectivity index (χ1) is 12.1. The third kappa shape index (κ3) is 3.21. The van der Waals surface area contributed by atoms with Crippen molar-refractivity contribution in [3.8, 4) is 0 Å². The molecule has 0 aliphatic carbocycles. The Morgan fingerprint density at radius 3 is 2.84 bits per heavy atom. The zero-order valence-electron chi connectivity index (χ0n) is 15.0. The van der Waals surface area contributed by atoms with E-state index in [1.165, 1.54) is 12.0 Å². The van der Waals surface area contributed by atoms with E-state index in [9.17, 15) is 4.79 Å². The molecule has 0 radical (unpaired) electrons. The molecule has 1 saturated heterocycles. The highest BCUT2D eigenvalue weighted by Crippen LogP contribution is 2.25. The number of fused-ring (bicyclic) bond motifs is 1. The molecule has 1 atom stereocenters. The predicted octanol–water partition coefficient (Wildman–Crippen LogP) is 3.23. The molecule has 1 aromatic heterocycles. The largest absolute Gasteiger partial charge is 0.372 e. The monoisotopic (exact) mass is 339 g/mol. The van der Waals surface area contributed by atoms with Crippen LogP contribution in [0.4, 0.5) is 0 Å². The van der Waals surface area contributed by atoms with E-state index in [2.05, 4.69) is 23.0 Å². The zero-order chi connectivity index (χ0) is 17.4. The van der Waals surface area contributed by atoms with E-state index >= 15 is 0 Å². The summed E-state index contributed by atoms with van der Waals surface area (Å²) in [5, 5.41) is 4.58. The Balaban J connectivity index is 1.56. The van der Waals surface area contributed by atoms with Gasteiger partial charge in [-0.15, -0.1) is 0 Å². The molecule has 1 amide bonds. The van der Waals surface area contributed by atoms with Gasteiger partial charge < -0.3 is 9.64 Å². The lowest BCUT2D eigenvalue weighted by Crippen LogP contribution is -2.46. The Hall–Kier alpha value is -2.14. The maximum atomic E-state index is 13.1. The zero-order valence-corrected chi connectivity index (χ0v) is 15.0. The summed E-state index contributed by atoms with van der Waals surface area (Å²) >= 11 is 0. The number of rotatable bonds is 3. The van der Waals surface area contributed by atoms with E-state index in [0.717, 1.165) is 48.4 Å². The van der Waals surface area contributed by atoms with Crippen LogP contribution >= 0.6 is 0 Å². The van der Waals surface area contributed by atoms with Crippen LogP contribution in [-0.2, 0) is 24.5 Å². The lowest BCUT2D eigenvalue weighted by atomic mass is 9.99. The molecule has 5 nitrogen and oxygen atoms in total. The van der Waals surface area contributed by atoms with Crippen LogP contribution in [0.25, 0.3) is 0 Å². The number of hydrogen-bond donors (Lipinski definition) is 0. The van der Waals surface area contributed by atoms with Crippen molar-refractivity contribution < 1.29 is 9.53 Å². The average molecular weight is 339 g/mol. The molecule has 5 heteroatoms. The Labute approximate surface area is 148 Å². The second kappa shape index (κ2) is 6.64. The van der Waals surface area contributed by atoms with Gasteiger partial charge in [0.25, 0.3) is 5.91 Å². The molecule has 0 bridgehead atoms. The summed E-state index contributed by atoms with van der Waals surface area (Å²) in [7, 11) is 0. The Kier molecular flexibility index (Phi) is 4.34. The summed E-state index contributed by atoms with van der Waals surface area (Å²) in [6.45, 7) is 6.98. The normalized spacial score (nSPS) is 19.9. The first kappa shape index (κ1) is 16.3. The Bertz CT molecular complexity index is 796. The summed E-state index contributed by atoms with van der Waals surface area (Å²) in [5.74, 6) is 0.140. The molecule has 4 rings (SSSR count). The standard InChI is InChI=1S/C20H25N3O2/c1-14-9-15(2)23(21-14)11-19-5-3-4-8-22(19)20(24)16-6-7-17-12-25-13-18(17)10-16/h6-7,9-10,19H,3-5,8,11-13H2,1-2H3/t19-/m0/s1. The maximum Gasteiger partial charge on any atom is 0.254 e. The van der Waals surface area contributed by atoms with Crippen molar-refractivity contribution in [1.29, 1.82) is 0 Å². The number of likely N-dealkylation sites (tertiary alicyclic amines) is 1. The number of benzene rings is 1. The third-order valence-corrected chi connectivity index (χ3v) is 5.34. The molecule has 3 heterocycles. The Morgan fingerprint density at radius 1 is 1.20 bits per heavy atom. The van der Waals surface area contributed by atoms with Crippen LogP contribution < -0.4 is 0 Å². The van der Waals surface area contributed by atoms with E-state index in [1.54, 1.807) is 0 Å². The van der Waals surface area contributed by atoms with Gasteiger partial charge in [-0.3, -0.25) is 9.48 Å². The molecule has 0 N–H and O–H groups in total. The average Bonchev–Trinajstić information content (AvgIpc) is 3.20. The van der Waals surface area contributed by atoms with Crippen molar-refractivity contribution in [3.05, 3.63) is 52.3 Å². The number of amides is 1. The minimum absolute atomic E-state index is 0.140. The van der Waals surface area contributed by atoms with E-state index in [0.29, 0.717) is 13.2 Å². The van der Waals surface area contributed by atoms with Crippen molar-refractivity contribution in [3.63, 3.8) is 0 Å². The summed E-state index contributed by atoms with van der Waals surface area (Å²) in [6, 6.07) is 8.30. The van der Waals surface area contributed by atoms with Crippen molar-refractivity contribution in [2.45, 2.75) is 58.9 Å². The summed E-state index contributed by atoms with van der Waals surface area (Å²) < 4.78 is 7.52.